The number of amides is 1. The van der Waals surface area contributed by atoms with Crippen LogP contribution in [-0.4, -0.2) is 66.8 Å². The van der Waals surface area contributed by atoms with Crippen molar-refractivity contribution in [3.05, 3.63) is 24.2 Å². The highest BCUT2D eigenvalue weighted by molar-refractivity contribution is 5.78. The number of nitrogens with two attached hydrogens (primary N) is 1. The van der Waals surface area contributed by atoms with Crippen molar-refractivity contribution in [1.29, 1.82) is 0 Å². The molecule has 1 amide bonds. The highest BCUT2D eigenvalue weighted by atomic mass is 16.6. The number of hydrogen-bond acceptors (Lipinski definition) is 5. The van der Waals surface area contributed by atoms with E-state index < -0.39 is 5.60 Å². The number of nitrogens with zero attached hydrogens (tertiary/aromatic N) is 3. The average molecular weight is 366 g/mol. The zero-order valence-electron chi connectivity index (χ0n) is 15.9. The van der Waals surface area contributed by atoms with Crippen LogP contribution in [0, 0.1) is 0 Å². The Morgan fingerprint density at radius 3 is 2.58 bits per heavy atom. The average Bonchev–Trinajstić information content (AvgIpc) is 3.10. The number of carbonyl (C=O) groups is 1. The monoisotopic (exact) mass is 366 g/mol. The van der Waals surface area contributed by atoms with Gasteiger partial charge in [-0.3, -0.25) is 4.99 Å². The first kappa shape index (κ1) is 20.1. The molecule has 0 bridgehead atoms. The summed E-state index contributed by atoms with van der Waals surface area (Å²) in [6, 6.07) is 3.72. The van der Waals surface area contributed by atoms with Gasteiger partial charge in [0.15, 0.2) is 5.96 Å². The van der Waals surface area contributed by atoms with E-state index >= 15 is 0 Å². The quantitative estimate of drug-likeness (QED) is 0.470. The van der Waals surface area contributed by atoms with Crippen LogP contribution < -0.4 is 5.73 Å². The maximum absolute atomic E-state index is 12.1. The second-order valence-corrected chi connectivity index (χ2v) is 7.18. The third kappa shape index (κ3) is 6.95. The van der Waals surface area contributed by atoms with Crippen LogP contribution in [-0.2, 0) is 16.1 Å². The molecule has 1 saturated heterocycles. The molecule has 2 N–H and O–H groups in total. The molecule has 26 heavy (non-hydrogen) atoms. The van der Waals surface area contributed by atoms with Crippen molar-refractivity contribution in [2.75, 3.05) is 39.3 Å². The number of aliphatic imine (C=N–C) groups is 1. The molecule has 1 aromatic rings. The second-order valence-electron chi connectivity index (χ2n) is 7.18. The first-order valence-corrected chi connectivity index (χ1v) is 8.98. The molecule has 1 fully saturated rings. The van der Waals surface area contributed by atoms with Gasteiger partial charge in [-0.15, -0.1) is 0 Å². The third-order valence-corrected chi connectivity index (χ3v) is 3.80. The predicted molar refractivity (Wildman–Crippen MR) is 98.9 cm³/mol. The van der Waals surface area contributed by atoms with Gasteiger partial charge in [-0.05, 0) is 39.3 Å². The molecule has 0 radical (unpaired) electrons. The van der Waals surface area contributed by atoms with Crippen molar-refractivity contribution in [3.8, 4) is 0 Å². The Kier molecular flexibility index (Phi) is 7.32. The Morgan fingerprint density at radius 2 is 1.96 bits per heavy atom. The van der Waals surface area contributed by atoms with Crippen molar-refractivity contribution in [2.24, 2.45) is 10.7 Å². The van der Waals surface area contributed by atoms with Gasteiger partial charge in [0.2, 0.25) is 0 Å². The summed E-state index contributed by atoms with van der Waals surface area (Å²) >= 11 is 0. The minimum absolute atomic E-state index is 0.277. The van der Waals surface area contributed by atoms with Gasteiger partial charge in [0.25, 0.3) is 0 Å². The lowest BCUT2D eigenvalue weighted by Gasteiger charge is -2.36. The van der Waals surface area contributed by atoms with Crippen molar-refractivity contribution >= 4 is 12.1 Å². The van der Waals surface area contributed by atoms with Gasteiger partial charge in [-0.25, -0.2) is 4.79 Å². The lowest BCUT2D eigenvalue weighted by atomic mass is 10.2. The van der Waals surface area contributed by atoms with Crippen LogP contribution in [0.4, 0.5) is 4.79 Å². The van der Waals surface area contributed by atoms with E-state index in [-0.39, 0.29) is 6.09 Å². The second kappa shape index (κ2) is 9.47. The van der Waals surface area contributed by atoms with Gasteiger partial charge in [-0.1, -0.05) is 0 Å². The van der Waals surface area contributed by atoms with E-state index in [1.165, 1.54) is 0 Å². The van der Waals surface area contributed by atoms with Crippen molar-refractivity contribution in [2.45, 2.75) is 39.4 Å². The molecular formula is C18H30N4O4. The van der Waals surface area contributed by atoms with Gasteiger partial charge < -0.3 is 29.4 Å². The number of rotatable bonds is 6. The summed E-state index contributed by atoms with van der Waals surface area (Å²) in [6.45, 7) is 9.75. The summed E-state index contributed by atoms with van der Waals surface area (Å²) in [4.78, 5) is 20.1. The molecule has 0 atom stereocenters. The molecule has 0 aromatic carbocycles. The molecule has 0 aliphatic carbocycles. The molecule has 1 aromatic heterocycles. The Morgan fingerprint density at radius 1 is 1.27 bits per heavy atom. The van der Waals surface area contributed by atoms with E-state index in [1.54, 1.807) is 11.2 Å². The van der Waals surface area contributed by atoms with E-state index in [0.29, 0.717) is 51.9 Å². The van der Waals surface area contributed by atoms with Gasteiger partial charge >= 0.3 is 6.09 Å². The van der Waals surface area contributed by atoms with Crippen LogP contribution >= 0.6 is 0 Å². The molecule has 2 heterocycles. The van der Waals surface area contributed by atoms with Crippen LogP contribution in [0.1, 0.15) is 33.0 Å². The Hall–Kier alpha value is -2.22. The zero-order valence-corrected chi connectivity index (χ0v) is 15.9. The fourth-order valence-electron chi connectivity index (χ4n) is 2.47. The summed E-state index contributed by atoms with van der Waals surface area (Å²) in [5.41, 5.74) is 5.57. The number of ether oxygens (including phenoxy) is 2. The van der Waals surface area contributed by atoms with Gasteiger partial charge in [-0.2, -0.15) is 0 Å². The van der Waals surface area contributed by atoms with E-state index in [9.17, 15) is 4.79 Å². The third-order valence-electron chi connectivity index (χ3n) is 3.80. The Labute approximate surface area is 154 Å². The van der Waals surface area contributed by atoms with Gasteiger partial charge in [0.1, 0.15) is 18.0 Å². The molecule has 0 spiro atoms. The van der Waals surface area contributed by atoms with E-state index in [4.69, 9.17) is 19.6 Å². The zero-order chi connectivity index (χ0) is 19.0. The van der Waals surface area contributed by atoms with E-state index in [2.05, 4.69) is 4.99 Å². The standard InChI is InChI=1S/C18H30N4O4/c1-18(2,3)26-17(23)22-10-8-21(9-11-22)16(19)20-7-5-12-24-14-15-6-4-13-25-15/h4,6,13H,5,7-12,14H2,1-3H3,(H2,19,20). The van der Waals surface area contributed by atoms with Crippen LogP contribution in [0.5, 0.6) is 0 Å². The molecule has 0 saturated carbocycles. The lowest BCUT2D eigenvalue weighted by Crippen LogP contribution is -2.53. The molecule has 0 unspecified atom stereocenters. The molecule has 8 nitrogen and oxygen atoms in total. The predicted octanol–water partition coefficient (Wildman–Crippen LogP) is 2.05. The largest absolute Gasteiger partial charge is 0.467 e. The lowest BCUT2D eigenvalue weighted by molar-refractivity contribution is 0.0186. The molecule has 8 heteroatoms. The molecule has 1 aliphatic heterocycles. The van der Waals surface area contributed by atoms with Gasteiger partial charge in [0.05, 0.1) is 6.26 Å². The summed E-state index contributed by atoms with van der Waals surface area (Å²) in [7, 11) is 0. The number of guanidine groups is 1. The first-order chi connectivity index (χ1) is 12.3. The number of piperazine rings is 1. The van der Waals surface area contributed by atoms with Crippen LogP contribution in [0.15, 0.2) is 27.8 Å². The highest BCUT2D eigenvalue weighted by Gasteiger charge is 2.26. The minimum Gasteiger partial charge on any atom is -0.467 e. The maximum atomic E-state index is 12.1. The summed E-state index contributed by atoms with van der Waals surface area (Å²) in [6.07, 6.45) is 2.15. The molecule has 2 rings (SSSR count). The topological polar surface area (TPSA) is 93.5 Å². The fourth-order valence-corrected chi connectivity index (χ4v) is 2.47. The number of furan rings is 1. The van der Waals surface area contributed by atoms with Crippen molar-refractivity contribution in [3.63, 3.8) is 0 Å². The number of hydrogen-bond donors (Lipinski definition) is 1. The van der Waals surface area contributed by atoms with Gasteiger partial charge in [0, 0.05) is 39.3 Å². The molecular weight excluding hydrogens is 336 g/mol. The summed E-state index contributed by atoms with van der Waals surface area (Å²) < 4.78 is 16.1. The first-order valence-electron chi connectivity index (χ1n) is 8.98. The van der Waals surface area contributed by atoms with Crippen LogP contribution in [0.3, 0.4) is 0 Å². The minimum atomic E-state index is -0.478. The SMILES string of the molecule is CC(C)(C)OC(=O)N1CCN(C(N)=NCCCOCc2ccco2)CC1. The van der Waals surface area contributed by atoms with Crippen molar-refractivity contribution in [1.82, 2.24) is 9.80 Å². The van der Waals surface area contributed by atoms with Crippen molar-refractivity contribution < 1.29 is 18.7 Å². The normalized spacial score (nSPS) is 16.0. The van der Waals surface area contributed by atoms with E-state index in [0.717, 1.165) is 12.2 Å². The number of carbonyl (C=O) groups excluding carboxylic acids is 1. The molecule has 146 valence electrons. The summed E-state index contributed by atoms with van der Waals surface area (Å²) in [5.74, 6) is 1.33. The Balaban J connectivity index is 1.61. The maximum Gasteiger partial charge on any atom is 0.410 e. The Bertz CT molecular complexity index is 573. The van der Waals surface area contributed by atoms with E-state index in [1.807, 2.05) is 37.8 Å². The van der Waals surface area contributed by atoms with Crippen LogP contribution in [0.2, 0.25) is 0 Å². The van der Waals surface area contributed by atoms with Crippen LogP contribution in [0.25, 0.3) is 0 Å². The smallest absolute Gasteiger partial charge is 0.410 e. The summed E-state index contributed by atoms with van der Waals surface area (Å²) in [5, 5.41) is 0. The highest BCUT2D eigenvalue weighted by Crippen LogP contribution is 2.11. The fraction of sp³-hybridized carbons (Fsp3) is 0.667. The molecule has 1 aliphatic rings.